The molecule has 3 heterocycles. The molecule has 1 aliphatic heterocycles. The minimum absolute atomic E-state index is 0.0265. The van der Waals surface area contributed by atoms with Crippen LogP contribution in [-0.4, -0.2) is 118 Å². The van der Waals surface area contributed by atoms with Crippen molar-refractivity contribution in [1.82, 2.24) is 30.4 Å². The quantitative estimate of drug-likeness (QED) is 0.124. The number of fused-ring (bicyclic) bond motifs is 2. The largest absolute Gasteiger partial charge is 0.491 e. The standard InChI is InChI=1S/C43H58ClN7O8S/c1-9-25-19-43(25,39(54)55)49-37(52)31-17-27(20-51(31)38(53)36(42(4,5)6)48-41(56)59-26-15-23-14-24(23)16-26)58-33-18-29(30-21-60-40(47-30)45-22(2)3)46-35-28(33)10-11-32(34(35)44)57-13-12-50(7)8/h10-11,18,21-27,31,36H,9,12-17,19-20H2,1-8H3,(H,45,47)(H,48,56)(H,49,52)(H,54,55)/t23-,24+,25-,26+,27-,31+,36-,43-/m1/s1. The van der Waals surface area contributed by atoms with Gasteiger partial charge in [0.2, 0.25) is 11.8 Å². The minimum Gasteiger partial charge on any atom is -0.491 e. The molecule has 0 spiro atoms. The second-order valence-electron chi connectivity index (χ2n) is 18.5. The third-order valence-electron chi connectivity index (χ3n) is 12.1. The van der Waals surface area contributed by atoms with Gasteiger partial charge in [0.25, 0.3) is 0 Å². The maximum atomic E-state index is 14.8. The van der Waals surface area contributed by atoms with Crippen LogP contribution in [0, 0.1) is 23.2 Å². The van der Waals surface area contributed by atoms with E-state index in [1.54, 1.807) is 12.1 Å². The summed E-state index contributed by atoms with van der Waals surface area (Å²) in [6.45, 7) is 12.5. The van der Waals surface area contributed by atoms with Crippen LogP contribution >= 0.6 is 22.9 Å². The molecule has 7 rings (SSSR count). The number of pyridine rings is 1. The first-order chi connectivity index (χ1) is 28.4. The normalized spacial score (nSPS) is 26.1. The number of hydrogen-bond donors (Lipinski definition) is 4. The molecule has 8 atom stereocenters. The number of rotatable bonds is 16. The zero-order chi connectivity index (χ0) is 43.3. The molecule has 2 aromatic heterocycles. The van der Waals surface area contributed by atoms with Crippen molar-refractivity contribution in [2.75, 3.05) is 39.1 Å². The number of likely N-dealkylation sites (tertiary alicyclic amines) is 1. The molecule has 1 saturated heterocycles. The average Bonchev–Trinajstić information content (AvgIpc) is 3.84. The van der Waals surface area contributed by atoms with Crippen LogP contribution in [0.25, 0.3) is 22.3 Å². The number of aliphatic carboxylic acids is 1. The van der Waals surface area contributed by atoms with Gasteiger partial charge < -0.3 is 45.1 Å². The van der Waals surface area contributed by atoms with Crippen molar-refractivity contribution >= 4 is 62.8 Å². The number of carbonyl (C=O) groups excluding carboxylic acids is 3. The maximum absolute atomic E-state index is 14.8. The number of nitrogens with one attached hydrogen (secondary N) is 3. The number of amides is 3. The Bertz CT molecular complexity index is 2120. The van der Waals surface area contributed by atoms with E-state index in [4.69, 9.17) is 35.8 Å². The summed E-state index contributed by atoms with van der Waals surface area (Å²) < 4.78 is 18.6. The van der Waals surface area contributed by atoms with Crippen LogP contribution in [0.3, 0.4) is 0 Å². The van der Waals surface area contributed by atoms with E-state index < -0.39 is 53.0 Å². The Morgan fingerprint density at radius 2 is 1.78 bits per heavy atom. The molecule has 0 radical (unpaired) electrons. The van der Waals surface area contributed by atoms with Gasteiger partial charge in [0, 0.05) is 35.8 Å². The van der Waals surface area contributed by atoms with E-state index in [2.05, 4.69) is 16.0 Å². The molecule has 3 aromatic rings. The lowest BCUT2D eigenvalue weighted by Gasteiger charge is -2.35. The Morgan fingerprint density at radius 3 is 2.42 bits per heavy atom. The molecule has 3 saturated carbocycles. The van der Waals surface area contributed by atoms with E-state index in [1.807, 2.05) is 72.0 Å². The molecular weight excluding hydrogens is 810 g/mol. The van der Waals surface area contributed by atoms with E-state index in [0.29, 0.717) is 76.6 Å². The fourth-order valence-electron chi connectivity index (χ4n) is 8.61. The van der Waals surface area contributed by atoms with Crippen LogP contribution in [-0.2, 0) is 19.1 Å². The number of carbonyl (C=O) groups is 4. The van der Waals surface area contributed by atoms with Crippen molar-refractivity contribution < 1.29 is 38.5 Å². The molecule has 60 heavy (non-hydrogen) atoms. The summed E-state index contributed by atoms with van der Waals surface area (Å²) in [4.78, 5) is 68.0. The summed E-state index contributed by atoms with van der Waals surface area (Å²) in [7, 11) is 3.91. The van der Waals surface area contributed by atoms with E-state index in [1.165, 1.54) is 22.7 Å². The molecule has 4 aliphatic rings. The van der Waals surface area contributed by atoms with Crippen LogP contribution in [0.5, 0.6) is 11.5 Å². The number of benzene rings is 1. The van der Waals surface area contributed by atoms with Gasteiger partial charge in [-0.15, -0.1) is 11.3 Å². The number of carboxylic acid groups (broad SMARTS) is 1. The number of alkyl carbamates (subject to hydrolysis) is 1. The summed E-state index contributed by atoms with van der Waals surface area (Å²) in [6, 6.07) is 3.36. The predicted octanol–water partition coefficient (Wildman–Crippen LogP) is 6.43. The Labute approximate surface area is 360 Å². The van der Waals surface area contributed by atoms with Gasteiger partial charge in [-0.3, -0.25) is 9.59 Å². The lowest BCUT2D eigenvalue weighted by Crippen LogP contribution is -2.59. The van der Waals surface area contributed by atoms with E-state index in [0.717, 1.165) is 18.0 Å². The summed E-state index contributed by atoms with van der Waals surface area (Å²) in [5.41, 5.74) is -0.675. The number of nitrogens with zero attached hydrogens (tertiary/aromatic N) is 4. The Balaban J connectivity index is 1.21. The summed E-state index contributed by atoms with van der Waals surface area (Å²) in [6.07, 6.45) is 2.14. The van der Waals surface area contributed by atoms with E-state index in [9.17, 15) is 24.3 Å². The topological polar surface area (TPSA) is 185 Å². The van der Waals surface area contributed by atoms with Crippen molar-refractivity contribution in [1.29, 1.82) is 0 Å². The second kappa shape index (κ2) is 17.2. The van der Waals surface area contributed by atoms with Crippen molar-refractivity contribution in [2.45, 2.75) is 116 Å². The lowest BCUT2D eigenvalue weighted by atomic mass is 9.85. The first kappa shape index (κ1) is 43.7. The van der Waals surface area contributed by atoms with Crippen LogP contribution in [0.15, 0.2) is 23.6 Å². The smallest absolute Gasteiger partial charge is 0.408 e. The average molecular weight is 868 g/mol. The molecule has 4 fully saturated rings. The van der Waals surface area contributed by atoms with Crippen LogP contribution in [0.1, 0.15) is 80.1 Å². The van der Waals surface area contributed by atoms with Crippen molar-refractivity contribution in [2.24, 2.45) is 23.2 Å². The number of ether oxygens (including phenoxy) is 3. The molecule has 0 unspecified atom stereocenters. The van der Waals surface area contributed by atoms with Gasteiger partial charge in [-0.25, -0.2) is 19.6 Å². The summed E-state index contributed by atoms with van der Waals surface area (Å²) >= 11 is 8.46. The monoisotopic (exact) mass is 867 g/mol. The lowest BCUT2D eigenvalue weighted by molar-refractivity contribution is -0.146. The zero-order valence-electron chi connectivity index (χ0n) is 35.7. The van der Waals surface area contributed by atoms with Gasteiger partial charge in [-0.05, 0) is 88.9 Å². The van der Waals surface area contributed by atoms with Gasteiger partial charge >= 0.3 is 12.1 Å². The summed E-state index contributed by atoms with van der Waals surface area (Å²) in [5, 5.41) is 22.7. The minimum atomic E-state index is -1.41. The highest BCUT2D eigenvalue weighted by Crippen LogP contribution is 2.52. The molecule has 17 heteroatoms. The fraction of sp³-hybridized carbons (Fsp3) is 0.628. The zero-order valence-corrected chi connectivity index (χ0v) is 37.2. The second-order valence-corrected chi connectivity index (χ2v) is 19.8. The number of aromatic nitrogens is 2. The molecule has 3 amide bonds. The predicted molar refractivity (Wildman–Crippen MR) is 230 cm³/mol. The first-order valence-electron chi connectivity index (χ1n) is 21.0. The van der Waals surface area contributed by atoms with Crippen molar-refractivity contribution in [3.63, 3.8) is 0 Å². The van der Waals surface area contributed by atoms with Crippen LogP contribution in [0.2, 0.25) is 5.02 Å². The van der Waals surface area contributed by atoms with Gasteiger partial charge in [-0.1, -0.05) is 45.7 Å². The number of thiazole rings is 1. The van der Waals surface area contributed by atoms with E-state index >= 15 is 0 Å². The molecule has 326 valence electrons. The maximum Gasteiger partial charge on any atom is 0.408 e. The highest BCUT2D eigenvalue weighted by atomic mass is 35.5. The molecular formula is C43H58ClN7O8S. The van der Waals surface area contributed by atoms with Gasteiger partial charge in [0.05, 0.1) is 17.8 Å². The van der Waals surface area contributed by atoms with Gasteiger partial charge in [-0.2, -0.15) is 0 Å². The third-order valence-corrected chi connectivity index (χ3v) is 13.3. The number of halogens is 1. The first-order valence-corrected chi connectivity index (χ1v) is 22.3. The number of carboxylic acids is 1. The molecule has 0 bridgehead atoms. The fourth-order valence-corrected chi connectivity index (χ4v) is 9.73. The van der Waals surface area contributed by atoms with Crippen LogP contribution in [0.4, 0.5) is 9.93 Å². The molecule has 15 nitrogen and oxygen atoms in total. The molecule has 1 aromatic carbocycles. The summed E-state index contributed by atoms with van der Waals surface area (Å²) in [5.74, 6) is -0.373. The third kappa shape index (κ3) is 9.40. The highest BCUT2D eigenvalue weighted by molar-refractivity contribution is 7.14. The molecule has 3 aliphatic carbocycles. The molecule has 4 N–H and O–H groups in total. The van der Waals surface area contributed by atoms with E-state index in [-0.39, 0.29) is 31.0 Å². The Morgan fingerprint density at radius 1 is 1.05 bits per heavy atom. The number of anilines is 1. The number of hydrogen-bond acceptors (Lipinski definition) is 12. The Kier molecular flexibility index (Phi) is 12.5. The van der Waals surface area contributed by atoms with Gasteiger partial charge in [0.1, 0.15) is 58.7 Å². The Hall–Kier alpha value is -4.41. The van der Waals surface area contributed by atoms with Crippen molar-refractivity contribution in [3.8, 4) is 22.9 Å². The van der Waals surface area contributed by atoms with Gasteiger partial charge in [0.15, 0.2) is 5.13 Å². The highest BCUT2D eigenvalue weighted by Gasteiger charge is 2.61. The SMILES string of the molecule is CC[C@@H]1C[C@]1(NC(=O)[C@@H]1C[C@@H](Oc2cc(-c3csc(NC(C)C)n3)nc3c(Cl)c(OCCN(C)C)ccc23)CN1C(=O)[C@@H](NC(=O)O[C@@H]1C[C@@H]2C[C@@H]2C1)C(C)(C)C)C(=O)O. The van der Waals surface area contributed by atoms with Crippen LogP contribution < -0.4 is 25.4 Å². The van der Waals surface area contributed by atoms with Crippen molar-refractivity contribution in [3.05, 3.63) is 28.6 Å². The number of likely N-dealkylation sites (N-methyl/N-ethyl adjacent to an activating group) is 1.